The average Bonchev–Trinajstić information content (AvgIpc) is 2.61. The molecule has 1 saturated carbocycles. The lowest BCUT2D eigenvalue weighted by Gasteiger charge is -2.22. The Balaban J connectivity index is 0.00000364. The van der Waals surface area contributed by atoms with E-state index in [4.69, 9.17) is 19.4 Å². The van der Waals surface area contributed by atoms with Gasteiger partial charge < -0.3 is 15.2 Å². The van der Waals surface area contributed by atoms with Gasteiger partial charge in [-0.15, -0.1) is 12.4 Å². The zero-order valence-corrected chi connectivity index (χ0v) is 16.7. The first-order chi connectivity index (χ1) is 12.4. The zero-order valence-electron chi connectivity index (χ0n) is 15.1. The van der Waals surface area contributed by atoms with E-state index < -0.39 is 16.3 Å². The first-order valence-corrected chi connectivity index (χ1v) is 10.2. The summed E-state index contributed by atoms with van der Waals surface area (Å²) >= 11 is 0. The van der Waals surface area contributed by atoms with Crippen LogP contribution in [0.3, 0.4) is 0 Å². The Kier molecular flexibility index (Phi) is 10.5. The van der Waals surface area contributed by atoms with Crippen LogP contribution in [0.1, 0.15) is 38.5 Å². The molecule has 154 valence electrons. The van der Waals surface area contributed by atoms with Gasteiger partial charge in [0.15, 0.2) is 0 Å². The molecule has 10 heteroatoms. The summed E-state index contributed by atoms with van der Waals surface area (Å²) in [6, 6.07) is 6.75. The molecule has 0 saturated heterocycles. The number of esters is 1. The highest BCUT2D eigenvalue weighted by molar-refractivity contribution is 7.84. The first kappa shape index (κ1) is 23.5. The van der Waals surface area contributed by atoms with E-state index in [2.05, 4.69) is 4.72 Å². The van der Waals surface area contributed by atoms with E-state index in [1.807, 2.05) is 0 Å². The highest BCUT2D eigenvalue weighted by Crippen LogP contribution is 2.18. The molecule has 1 aliphatic carbocycles. The van der Waals surface area contributed by atoms with Crippen molar-refractivity contribution in [1.29, 1.82) is 0 Å². The third-order valence-electron chi connectivity index (χ3n) is 3.96. The van der Waals surface area contributed by atoms with E-state index in [1.165, 1.54) is 0 Å². The van der Waals surface area contributed by atoms with Crippen molar-refractivity contribution < 1.29 is 26.9 Å². The van der Waals surface area contributed by atoms with Gasteiger partial charge in [0, 0.05) is 11.7 Å². The summed E-state index contributed by atoms with van der Waals surface area (Å²) in [5.74, 6) is 0.122. The third kappa shape index (κ3) is 9.81. The largest absolute Gasteiger partial charge is 0.493 e. The normalized spacial score (nSPS) is 15.0. The van der Waals surface area contributed by atoms with Crippen LogP contribution < -0.4 is 15.2 Å². The summed E-state index contributed by atoms with van der Waals surface area (Å²) < 4.78 is 41.2. The molecule has 27 heavy (non-hydrogen) atoms. The van der Waals surface area contributed by atoms with Crippen LogP contribution in [-0.4, -0.2) is 40.2 Å². The van der Waals surface area contributed by atoms with Gasteiger partial charge in [-0.25, -0.2) is 0 Å². The summed E-state index contributed by atoms with van der Waals surface area (Å²) in [6.45, 7) is -0.190. The second-order valence-electron chi connectivity index (χ2n) is 6.12. The van der Waals surface area contributed by atoms with Gasteiger partial charge in [0.25, 0.3) is 0 Å². The molecular weight excluding hydrogens is 396 g/mol. The van der Waals surface area contributed by atoms with E-state index in [0.717, 1.165) is 32.1 Å². The fourth-order valence-corrected chi connectivity index (χ4v) is 3.65. The average molecular weight is 423 g/mol. The molecule has 0 bridgehead atoms. The molecule has 1 aromatic carbocycles. The van der Waals surface area contributed by atoms with Crippen LogP contribution in [0.2, 0.25) is 0 Å². The standard InChI is InChI=1S/C17H26N2O6S.ClH/c18-14-6-8-16(9-7-14)23-11-10-17(20)24-12-13-25-26(21,22)19-15-4-2-1-3-5-15;/h6-9,15,19H,1-5,10-13,18H2;1H. The third-order valence-corrected chi connectivity index (χ3v) is 5.06. The Hall–Kier alpha value is -1.55. The molecular formula is C17H27ClN2O6S. The predicted molar refractivity (Wildman–Crippen MR) is 104 cm³/mol. The Morgan fingerprint density at radius 1 is 1.07 bits per heavy atom. The van der Waals surface area contributed by atoms with Crippen molar-refractivity contribution in [2.24, 2.45) is 0 Å². The van der Waals surface area contributed by atoms with E-state index >= 15 is 0 Å². The number of rotatable bonds is 10. The molecule has 3 N–H and O–H groups in total. The van der Waals surface area contributed by atoms with E-state index in [-0.39, 0.29) is 44.7 Å². The lowest BCUT2D eigenvalue weighted by atomic mass is 9.96. The summed E-state index contributed by atoms with van der Waals surface area (Å²) in [5, 5.41) is 0. The molecule has 2 rings (SSSR count). The Labute approximate surface area is 166 Å². The Morgan fingerprint density at radius 2 is 1.74 bits per heavy atom. The molecule has 1 fully saturated rings. The number of nitrogens with two attached hydrogens (primary N) is 1. The molecule has 0 aromatic heterocycles. The lowest BCUT2D eigenvalue weighted by Crippen LogP contribution is -2.37. The predicted octanol–water partition coefficient (Wildman–Crippen LogP) is 2.19. The first-order valence-electron chi connectivity index (χ1n) is 8.75. The molecule has 0 radical (unpaired) electrons. The minimum atomic E-state index is -3.81. The number of nitrogen functional groups attached to an aromatic ring is 1. The molecule has 1 aliphatic rings. The molecule has 8 nitrogen and oxygen atoms in total. The van der Waals surface area contributed by atoms with Crippen LogP contribution in [0.15, 0.2) is 24.3 Å². The van der Waals surface area contributed by atoms with Crippen LogP contribution in [0.25, 0.3) is 0 Å². The SMILES string of the molecule is Cl.Nc1ccc(OCCC(=O)OCCOS(=O)(=O)NC2CCCCC2)cc1. The molecule has 0 amide bonds. The molecule has 0 heterocycles. The summed E-state index contributed by atoms with van der Waals surface area (Å²) in [4.78, 5) is 11.6. The van der Waals surface area contributed by atoms with Gasteiger partial charge in [0.1, 0.15) is 19.0 Å². The number of anilines is 1. The van der Waals surface area contributed by atoms with E-state index in [1.54, 1.807) is 24.3 Å². The number of carbonyl (C=O) groups excluding carboxylic acids is 1. The van der Waals surface area contributed by atoms with Crippen LogP contribution >= 0.6 is 12.4 Å². The van der Waals surface area contributed by atoms with Crippen molar-refractivity contribution in [3.63, 3.8) is 0 Å². The van der Waals surface area contributed by atoms with Gasteiger partial charge in [-0.2, -0.15) is 13.1 Å². The molecule has 0 spiro atoms. The number of carbonyl (C=O) groups is 1. The summed E-state index contributed by atoms with van der Waals surface area (Å²) in [6.07, 6.45) is 4.87. The molecule has 0 atom stereocenters. The topological polar surface area (TPSA) is 117 Å². The van der Waals surface area contributed by atoms with Crippen molar-refractivity contribution in [3.8, 4) is 5.75 Å². The minimum Gasteiger partial charge on any atom is -0.493 e. The maximum atomic E-state index is 11.8. The highest BCUT2D eigenvalue weighted by atomic mass is 35.5. The van der Waals surface area contributed by atoms with Crippen molar-refractivity contribution in [2.45, 2.75) is 44.6 Å². The van der Waals surface area contributed by atoms with Gasteiger partial charge in [0.05, 0.1) is 13.0 Å². The Morgan fingerprint density at radius 3 is 2.41 bits per heavy atom. The summed E-state index contributed by atoms with van der Waals surface area (Å²) in [7, 11) is -3.81. The smallest absolute Gasteiger partial charge is 0.336 e. The van der Waals surface area contributed by atoms with Crippen LogP contribution in [0, 0.1) is 0 Å². The fourth-order valence-electron chi connectivity index (χ4n) is 2.65. The Bertz CT molecular complexity index is 663. The highest BCUT2D eigenvalue weighted by Gasteiger charge is 2.20. The number of benzene rings is 1. The second kappa shape index (κ2) is 12.0. The number of ether oxygens (including phenoxy) is 2. The zero-order chi connectivity index (χ0) is 18.8. The number of nitrogens with one attached hydrogen (secondary N) is 1. The van der Waals surface area contributed by atoms with Crippen molar-refractivity contribution >= 4 is 34.4 Å². The van der Waals surface area contributed by atoms with Crippen LogP contribution in [0.4, 0.5) is 5.69 Å². The van der Waals surface area contributed by atoms with Gasteiger partial charge in [0.2, 0.25) is 0 Å². The van der Waals surface area contributed by atoms with Crippen molar-refractivity contribution in [2.75, 3.05) is 25.6 Å². The van der Waals surface area contributed by atoms with E-state index in [9.17, 15) is 13.2 Å². The van der Waals surface area contributed by atoms with Gasteiger partial charge in [-0.1, -0.05) is 19.3 Å². The maximum Gasteiger partial charge on any atom is 0.336 e. The maximum absolute atomic E-state index is 11.8. The lowest BCUT2D eigenvalue weighted by molar-refractivity contribution is -0.144. The summed E-state index contributed by atoms with van der Waals surface area (Å²) in [5.41, 5.74) is 6.20. The van der Waals surface area contributed by atoms with Crippen molar-refractivity contribution in [1.82, 2.24) is 4.72 Å². The van der Waals surface area contributed by atoms with Crippen LogP contribution in [-0.2, 0) is 24.0 Å². The number of halogens is 1. The monoisotopic (exact) mass is 422 g/mol. The second-order valence-corrected chi connectivity index (χ2v) is 7.50. The number of hydrogen-bond donors (Lipinski definition) is 2. The van der Waals surface area contributed by atoms with Gasteiger partial charge >= 0.3 is 16.3 Å². The molecule has 0 unspecified atom stereocenters. The van der Waals surface area contributed by atoms with Crippen LogP contribution in [0.5, 0.6) is 5.75 Å². The van der Waals surface area contributed by atoms with Gasteiger partial charge in [-0.3, -0.25) is 8.98 Å². The molecule has 1 aromatic rings. The molecule has 0 aliphatic heterocycles. The fraction of sp³-hybridized carbons (Fsp3) is 0.588. The minimum absolute atomic E-state index is 0. The quantitative estimate of drug-likeness (QED) is 0.337. The van der Waals surface area contributed by atoms with Gasteiger partial charge in [-0.05, 0) is 37.1 Å². The van der Waals surface area contributed by atoms with E-state index in [0.29, 0.717) is 11.4 Å². The number of hydrogen-bond acceptors (Lipinski definition) is 7. The van der Waals surface area contributed by atoms with Crippen molar-refractivity contribution in [3.05, 3.63) is 24.3 Å².